The molecule has 0 radical (unpaired) electrons. The van der Waals surface area contributed by atoms with Crippen LogP contribution in [0.4, 0.5) is 51.2 Å². The molecule has 0 saturated heterocycles. The van der Waals surface area contributed by atoms with E-state index in [0.29, 0.717) is 0 Å². The van der Waals surface area contributed by atoms with Crippen molar-refractivity contribution in [2.24, 2.45) is 0 Å². The number of aryl methyl sites for hydroxylation is 3. The zero-order valence-electron chi connectivity index (χ0n) is 67.9. The predicted octanol–water partition coefficient (Wildman–Crippen LogP) is 27.1. The second kappa shape index (κ2) is 32.9. The summed E-state index contributed by atoms with van der Waals surface area (Å²) >= 11 is 0. The van der Waals surface area contributed by atoms with E-state index < -0.39 is 5.41 Å². The van der Waals surface area contributed by atoms with Crippen molar-refractivity contribution >= 4 is 51.2 Å². The minimum Gasteiger partial charge on any atom is -0.497 e. The van der Waals surface area contributed by atoms with E-state index in [1.54, 1.807) is 14.2 Å². The lowest BCUT2D eigenvalue weighted by Crippen LogP contribution is -2.28. The fourth-order valence-corrected chi connectivity index (χ4v) is 17.1. The third-order valence-corrected chi connectivity index (χ3v) is 22.7. The highest BCUT2D eigenvalue weighted by atomic mass is 16.5. The van der Waals surface area contributed by atoms with Crippen LogP contribution < -0.4 is 24.2 Å². The van der Waals surface area contributed by atoms with E-state index in [4.69, 9.17) is 9.47 Å². The van der Waals surface area contributed by atoms with Gasteiger partial charge in [-0.15, -0.1) is 0 Å². The van der Waals surface area contributed by atoms with E-state index in [-0.39, 0.29) is 10.8 Å². The van der Waals surface area contributed by atoms with Crippen molar-refractivity contribution < 1.29 is 9.47 Å². The fraction of sp³-hybridized carbons (Fsp3) is 0.159. The van der Waals surface area contributed by atoms with Crippen LogP contribution >= 0.6 is 0 Å². The molecule has 3 aliphatic rings. The lowest BCUT2D eigenvalue weighted by Gasteiger charge is -2.35. The van der Waals surface area contributed by atoms with Crippen LogP contribution in [0.3, 0.4) is 0 Å². The standard InChI is InChI=1S/C39H31N.C34H29N.C29H27NO2.C5H14N2/c1-28-17-21-32(22-18-28)40(33-23-19-29(2)20-24-33)34-25-26-36-35-15-9-10-16-37(35)39(38(36)27-34,30-11-5-3-6-12-30)31-13-7-4-8-14-31;1-24-13-17-27(18-14-24)35(28-19-15-26(16-20-28)25-9-5-4-6-10-25)29-21-22-31-30-11-7-8-12-32(30)34(2,3)33(31)23-29;1-29(2)27-8-6-5-7-25(27)26-18-13-22(19-28(26)29)30(20-9-14-23(31-3)15-10-20)21-11-16-24(32-4)17-12-21;1-6(2)5-7(3)4/h3-27H,1-2H3;4-23H,1-3H3;5-19H,1-4H3;5H2,1-4H3. The zero-order valence-corrected chi connectivity index (χ0v) is 67.9. The van der Waals surface area contributed by atoms with Gasteiger partial charge in [-0.2, -0.15) is 0 Å². The van der Waals surface area contributed by atoms with E-state index in [9.17, 15) is 0 Å². The van der Waals surface area contributed by atoms with Crippen LogP contribution in [0.5, 0.6) is 11.5 Å². The number of benzene rings is 15. The van der Waals surface area contributed by atoms with E-state index >= 15 is 0 Å². The Hall–Kier alpha value is -12.8. The van der Waals surface area contributed by atoms with Gasteiger partial charge in [0.1, 0.15) is 11.5 Å². The van der Waals surface area contributed by atoms with Crippen LogP contribution in [-0.4, -0.2) is 58.9 Å². The molecule has 0 saturated carbocycles. The van der Waals surface area contributed by atoms with Crippen molar-refractivity contribution in [3.05, 3.63) is 425 Å². The van der Waals surface area contributed by atoms with Gasteiger partial charge in [-0.05, 0) is 271 Å². The van der Waals surface area contributed by atoms with Gasteiger partial charge in [-0.3, -0.25) is 9.80 Å². The van der Waals surface area contributed by atoms with Crippen molar-refractivity contribution in [3.63, 3.8) is 0 Å². The Kier molecular flexibility index (Phi) is 22.1. The monoisotopic (exact) mass is 1490 g/mol. The summed E-state index contributed by atoms with van der Waals surface area (Å²) in [6.45, 7) is 16.7. The first-order chi connectivity index (χ1) is 55.3. The molecular weight excluding hydrogens is 1390 g/mol. The number of nitrogens with zero attached hydrogens (tertiary/aromatic N) is 5. The Balaban J connectivity index is 0.000000130. The molecule has 7 nitrogen and oxygen atoms in total. The minimum atomic E-state index is -0.420. The summed E-state index contributed by atoms with van der Waals surface area (Å²) < 4.78 is 10.8. The first kappa shape index (κ1) is 76.6. The van der Waals surface area contributed by atoms with Gasteiger partial charge in [0.05, 0.1) is 19.6 Å². The molecule has 0 fully saturated rings. The van der Waals surface area contributed by atoms with Crippen LogP contribution in [0.2, 0.25) is 0 Å². The van der Waals surface area contributed by atoms with Gasteiger partial charge in [0.25, 0.3) is 0 Å². The van der Waals surface area contributed by atoms with E-state index in [1.165, 1.54) is 111 Å². The van der Waals surface area contributed by atoms with Gasteiger partial charge >= 0.3 is 0 Å². The molecule has 15 aromatic rings. The number of methoxy groups -OCH3 is 2. The molecule has 0 heterocycles. The maximum Gasteiger partial charge on any atom is 0.119 e. The molecule has 7 heteroatoms. The maximum atomic E-state index is 5.38. The van der Waals surface area contributed by atoms with Crippen molar-refractivity contribution in [2.45, 2.75) is 64.7 Å². The van der Waals surface area contributed by atoms with Crippen LogP contribution in [0, 0.1) is 20.8 Å². The number of hydrogen-bond acceptors (Lipinski definition) is 7. The van der Waals surface area contributed by atoms with Crippen molar-refractivity contribution in [3.8, 4) is 56.0 Å². The Morgan fingerprint density at radius 2 is 0.491 bits per heavy atom. The van der Waals surface area contributed by atoms with E-state index in [0.717, 1.165) is 63.7 Å². The summed E-state index contributed by atoms with van der Waals surface area (Å²) in [5, 5.41) is 0. The predicted molar refractivity (Wildman–Crippen MR) is 481 cm³/mol. The lowest BCUT2D eigenvalue weighted by atomic mass is 9.67. The normalized spacial score (nSPS) is 13.0. The average molecular weight is 1490 g/mol. The van der Waals surface area contributed by atoms with Gasteiger partial charge in [0.15, 0.2) is 0 Å². The van der Waals surface area contributed by atoms with Crippen LogP contribution in [0.1, 0.15) is 88.9 Å². The Labute approximate surface area is 675 Å². The van der Waals surface area contributed by atoms with Crippen molar-refractivity contribution in [1.29, 1.82) is 0 Å². The third-order valence-electron chi connectivity index (χ3n) is 22.7. The molecule has 15 aromatic carbocycles. The van der Waals surface area contributed by atoms with Gasteiger partial charge in [0, 0.05) is 68.7 Å². The van der Waals surface area contributed by atoms with Crippen LogP contribution in [-0.2, 0) is 16.2 Å². The molecule has 0 aliphatic heterocycles. The average Bonchev–Trinajstić information content (AvgIpc) is 1.54. The molecule has 0 bridgehead atoms. The Morgan fingerprint density at radius 1 is 0.237 bits per heavy atom. The van der Waals surface area contributed by atoms with Crippen molar-refractivity contribution in [2.75, 3.05) is 63.8 Å². The van der Waals surface area contributed by atoms with Gasteiger partial charge < -0.3 is 24.2 Å². The highest BCUT2D eigenvalue weighted by Gasteiger charge is 2.47. The van der Waals surface area contributed by atoms with Gasteiger partial charge in [-0.1, -0.05) is 275 Å². The number of hydrogen-bond donors (Lipinski definition) is 0. The molecule has 0 unspecified atom stereocenters. The molecule has 114 heavy (non-hydrogen) atoms. The minimum absolute atomic E-state index is 0.0297. The molecule has 18 rings (SSSR count). The first-order valence-electron chi connectivity index (χ1n) is 39.5. The highest BCUT2D eigenvalue weighted by molar-refractivity contribution is 5.91. The second-order valence-electron chi connectivity index (χ2n) is 31.7. The molecule has 0 atom stereocenters. The van der Waals surface area contributed by atoms with E-state index in [1.807, 2.05) is 24.3 Å². The number of rotatable bonds is 16. The molecule has 3 aliphatic carbocycles. The summed E-state index contributed by atoms with van der Waals surface area (Å²) in [4.78, 5) is 11.3. The molecule has 0 aromatic heterocycles. The second-order valence-corrected chi connectivity index (χ2v) is 31.7. The first-order valence-corrected chi connectivity index (χ1v) is 39.5. The molecule has 566 valence electrons. The highest BCUT2D eigenvalue weighted by Crippen LogP contribution is 2.58. The summed E-state index contributed by atoms with van der Waals surface area (Å²) in [6.07, 6.45) is 0. The topological polar surface area (TPSA) is 34.7 Å². The molecule has 0 N–H and O–H groups in total. The summed E-state index contributed by atoms with van der Waals surface area (Å²) in [7, 11) is 11.6. The zero-order chi connectivity index (χ0) is 79.3. The van der Waals surface area contributed by atoms with Crippen LogP contribution in [0.25, 0.3) is 44.5 Å². The van der Waals surface area contributed by atoms with Gasteiger partial charge in [-0.25, -0.2) is 0 Å². The number of fused-ring (bicyclic) bond motifs is 9. The fourth-order valence-electron chi connectivity index (χ4n) is 17.1. The Morgan fingerprint density at radius 3 is 0.825 bits per heavy atom. The molecular formula is C107H101N5O2. The SMILES string of the molecule is CN(C)CN(C)C.COc1ccc(N(c2ccc(OC)cc2)c2ccc3c(c2)C(C)(C)c2ccccc2-3)cc1.Cc1ccc(N(c2ccc(-c3ccccc3)cc2)c2ccc3c(c2)C(C)(C)c2ccccc2-3)cc1.Cc1ccc(N(c2ccc(C)cc2)c2ccc3c(c2)C(c2ccccc2)(c2ccccc2)c2ccccc2-3)cc1. The smallest absolute Gasteiger partial charge is 0.119 e. The summed E-state index contributed by atoms with van der Waals surface area (Å²) in [5.41, 5.74) is 34.6. The molecule has 0 spiro atoms. The summed E-state index contributed by atoms with van der Waals surface area (Å²) in [6, 6.07) is 132. The largest absolute Gasteiger partial charge is 0.497 e. The summed E-state index contributed by atoms with van der Waals surface area (Å²) in [5.74, 6) is 1.68. The lowest BCUT2D eigenvalue weighted by molar-refractivity contribution is 0.245. The Bertz CT molecular complexity index is 5660. The third kappa shape index (κ3) is 15.2. The van der Waals surface area contributed by atoms with Gasteiger partial charge in [0.2, 0.25) is 0 Å². The quantitative estimate of drug-likeness (QED) is 0.0892. The van der Waals surface area contributed by atoms with E-state index in [2.05, 4.69) is 441 Å². The molecule has 0 amide bonds. The number of ether oxygens (including phenoxy) is 2. The number of anilines is 9. The van der Waals surface area contributed by atoms with Crippen molar-refractivity contribution in [1.82, 2.24) is 9.80 Å². The maximum absolute atomic E-state index is 5.38. The van der Waals surface area contributed by atoms with Crippen LogP contribution in [0.15, 0.2) is 364 Å².